The minimum absolute atomic E-state index is 0.0705. The topological polar surface area (TPSA) is 62.6 Å². The zero-order chi connectivity index (χ0) is 23.8. The van der Waals surface area contributed by atoms with Crippen molar-refractivity contribution >= 4 is 23.1 Å². The Balaban J connectivity index is 1.23. The third-order valence-corrected chi connectivity index (χ3v) is 6.49. The Morgan fingerprint density at radius 1 is 0.971 bits per heavy atom. The van der Waals surface area contributed by atoms with Crippen LogP contribution in [-0.2, 0) is 13.0 Å². The van der Waals surface area contributed by atoms with E-state index in [1.807, 2.05) is 36.4 Å². The molecule has 180 valence electrons. The quantitative estimate of drug-likeness (QED) is 0.475. The SMILES string of the molecule is COc1ccccc1CCNc1ccc(=O)n(CCCN2CCN(c3ccccc3Cl)CC2)n1. The van der Waals surface area contributed by atoms with E-state index in [1.165, 1.54) is 0 Å². The van der Waals surface area contributed by atoms with Crippen LogP contribution in [0.2, 0.25) is 5.02 Å². The van der Waals surface area contributed by atoms with Gasteiger partial charge in [0.1, 0.15) is 11.6 Å². The molecule has 8 heteroatoms. The number of nitrogens with one attached hydrogen (secondary N) is 1. The number of nitrogens with zero attached hydrogens (tertiary/aromatic N) is 4. The fourth-order valence-corrected chi connectivity index (χ4v) is 4.56. The van der Waals surface area contributed by atoms with Gasteiger partial charge in [0.05, 0.1) is 17.8 Å². The third kappa shape index (κ3) is 6.30. The van der Waals surface area contributed by atoms with Gasteiger partial charge in [-0.05, 0) is 42.7 Å². The van der Waals surface area contributed by atoms with Gasteiger partial charge in [0, 0.05) is 51.9 Å². The monoisotopic (exact) mass is 481 g/mol. The van der Waals surface area contributed by atoms with Crippen LogP contribution in [0.5, 0.6) is 5.75 Å². The van der Waals surface area contributed by atoms with Gasteiger partial charge in [0.2, 0.25) is 0 Å². The molecule has 2 aromatic carbocycles. The predicted molar refractivity (Wildman–Crippen MR) is 138 cm³/mol. The lowest BCUT2D eigenvalue weighted by atomic mass is 10.1. The molecule has 2 heterocycles. The lowest BCUT2D eigenvalue weighted by Crippen LogP contribution is -2.47. The summed E-state index contributed by atoms with van der Waals surface area (Å²) in [6, 6.07) is 19.3. The zero-order valence-electron chi connectivity index (χ0n) is 19.6. The number of anilines is 2. The van der Waals surface area contributed by atoms with Crippen molar-refractivity contribution in [3.63, 3.8) is 0 Å². The molecule has 0 aliphatic carbocycles. The smallest absolute Gasteiger partial charge is 0.266 e. The van der Waals surface area contributed by atoms with Crippen LogP contribution in [0.1, 0.15) is 12.0 Å². The fraction of sp³-hybridized carbons (Fsp3) is 0.385. The maximum Gasteiger partial charge on any atom is 0.266 e. The lowest BCUT2D eigenvalue weighted by molar-refractivity contribution is 0.248. The first kappa shape index (κ1) is 24.1. The van der Waals surface area contributed by atoms with E-state index in [9.17, 15) is 4.79 Å². The number of hydrogen-bond acceptors (Lipinski definition) is 6. The normalized spacial score (nSPS) is 14.2. The van der Waals surface area contributed by atoms with Crippen molar-refractivity contribution in [1.29, 1.82) is 0 Å². The largest absolute Gasteiger partial charge is 0.496 e. The second kappa shape index (κ2) is 11.9. The van der Waals surface area contributed by atoms with Gasteiger partial charge in [0.25, 0.3) is 5.56 Å². The molecule has 1 fully saturated rings. The van der Waals surface area contributed by atoms with Gasteiger partial charge in [-0.25, -0.2) is 4.68 Å². The van der Waals surface area contributed by atoms with Crippen molar-refractivity contribution < 1.29 is 4.74 Å². The van der Waals surface area contributed by atoms with Crippen LogP contribution in [0.4, 0.5) is 11.5 Å². The second-order valence-electron chi connectivity index (χ2n) is 8.40. The number of halogens is 1. The van der Waals surface area contributed by atoms with Crippen LogP contribution in [0.15, 0.2) is 65.5 Å². The second-order valence-corrected chi connectivity index (χ2v) is 8.81. The van der Waals surface area contributed by atoms with Gasteiger partial charge in [-0.1, -0.05) is 41.9 Å². The summed E-state index contributed by atoms with van der Waals surface area (Å²) in [7, 11) is 1.68. The van der Waals surface area contributed by atoms with Crippen molar-refractivity contribution in [2.45, 2.75) is 19.4 Å². The molecule has 0 unspecified atom stereocenters. The number of aryl methyl sites for hydroxylation is 1. The molecular weight excluding hydrogens is 450 g/mol. The van der Waals surface area contributed by atoms with Crippen molar-refractivity contribution in [1.82, 2.24) is 14.7 Å². The molecule has 0 saturated carbocycles. The van der Waals surface area contributed by atoms with Crippen LogP contribution in [-0.4, -0.2) is 61.1 Å². The standard InChI is InChI=1S/C26H32ClN5O2/c1-34-24-10-5-2-7-21(24)13-14-28-25-11-12-26(33)32(29-25)16-6-15-30-17-19-31(20-18-30)23-9-4-3-8-22(23)27/h2-5,7-12H,6,13-20H2,1H3,(H,28,29). The number of benzene rings is 2. The zero-order valence-corrected chi connectivity index (χ0v) is 20.4. The summed E-state index contributed by atoms with van der Waals surface area (Å²) in [6.07, 6.45) is 1.69. The molecule has 3 aromatic rings. The number of piperazine rings is 1. The van der Waals surface area contributed by atoms with Crippen molar-refractivity contribution in [2.24, 2.45) is 0 Å². The van der Waals surface area contributed by atoms with Crippen molar-refractivity contribution in [2.75, 3.05) is 56.6 Å². The average molecular weight is 482 g/mol. The first-order valence-electron chi connectivity index (χ1n) is 11.8. The third-order valence-electron chi connectivity index (χ3n) is 6.17. The maximum absolute atomic E-state index is 12.3. The van der Waals surface area contributed by atoms with Gasteiger partial charge in [-0.3, -0.25) is 9.69 Å². The molecule has 0 spiro atoms. The Kier molecular flexibility index (Phi) is 8.44. The highest BCUT2D eigenvalue weighted by Crippen LogP contribution is 2.26. The summed E-state index contributed by atoms with van der Waals surface area (Å²) in [5.41, 5.74) is 2.17. The molecule has 1 aliphatic rings. The molecule has 0 atom stereocenters. The minimum atomic E-state index is -0.0705. The Morgan fingerprint density at radius 2 is 1.74 bits per heavy atom. The molecule has 0 bridgehead atoms. The Labute approximate surface area is 205 Å². The van der Waals surface area contributed by atoms with Crippen LogP contribution < -0.4 is 20.5 Å². The number of hydrogen-bond donors (Lipinski definition) is 1. The average Bonchev–Trinajstić information content (AvgIpc) is 2.87. The highest BCUT2D eigenvalue weighted by Gasteiger charge is 2.18. The van der Waals surface area contributed by atoms with Crippen LogP contribution in [0, 0.1) is 0 Å². The van der Waals surface area contributed by atoms with E-state index in [-0.39, 0.29) is 5.56 Å². The van der Waals surface area contributed by atoms with E-state index in [4.69, 9.17) is 16.3 Å². The van der Waals surface area contributed by atoms with Crippen molar-refractivity contribution in [3.8, 4) is 5.75 Å². The Hall–Kier alpha value is -3.03. The molecule has 1 aliphatic heterocycles. The van der Waals surface area contributed by atoms with Crippen LogP contribution >= 0.6 is 11.6 Å². The Bertz CT molecular complexity index is 1130. The molecule has 0 amide bonds. The van der Waals surface area contributed by atoms with Gasteiger partial charge in [-0.15, -0.1) is 0 Å². The lowest BCUT2D eigenvalue weighted by Gasteiger charge is -2.36. The molecule has 0 radical (unpaired) electrons. The van der Waals surface area contributed by atoms with Crippen molar-refractivity contribution in [3.05, 3.63) is 81.6 Å². The number of rotatable bonds is 10. The minimum Gasteiger partial charge on any atom is -0.496 e. The molecule has 1 saturated heterocycles. The van der Waals surface area contributed by atoms with E-state index in [1.54, 1.807) is 23.9 Å². The summed E-state index contributed by atoms with van der Waals surface area (Å²) >= 11 is 6.34. The highest BCUT2D eigenvalue weighted by molar-refractivity contribution is 6.33. The molecule has 1 N–H and O–H groups in total. The highest BCUT2D eigenvalue weighted by atomic mass is 35.5. The number of methoxy groups -OCH3 is 1. The van der Waals surface area contributed by atoms with E-state index in [2.05, 4.69) is 32.3 Å². The summed E-state index contributed by atoms with van der Waals surface area (Å²) in [5.74, 6) is 1.60. The van der Waals surface area contributed by atoms with Crippen LogP contribution in [0.3, 0.4) is 0 Å². The number of ether oxygens (including phenoxy) is 1. The predicted octanol–water partition coefficient (Wildman–Crippen LogP) is 3.77. The van der Waals surface area contributed by atoms with E-state index >= 15 is 0 Å². The summed E-state index contributed by atoms with van der Waals surface area (Å²) in [5, 5.41) is 8.64. The summed E-state index contributed by atoms with van der Waals surface area (Å²) in [4.78, 5) is 17.1. The molecule has 1 aromatic heterocycles. The van der Waals surface area contributed by atoms with Gasteiger partial charge < -0.3 is 15.0 Å². The maximum atomic E-state index is 12.3. The summed E-state index contributed by atoms with van der Waals surface area (Å²) < 4.78 is 6.97. The molecule has 4 rings (SSSR count). The molecule has 7 nitrogen and oxygen atoms in total. The first-order chi connectivity index (χ1) is 16.6. The number of para-hydroxylation sites is 2. The van der Waals surface area contributed by atoms with E-state index in [0.717, 1.165) is 67.6 Å². The van der Waals surface area contributed by atoms with E-state index < -0.39 is 0 Å². The first-order valence-corrected chi connectivity index (χ1v) is 12.2. The van der Waals surface area contributed by atoms with Gasteiger partial charge in [0.15, 0.2) is 0 Å². The molecule has 34 heavy (non-hydrogen) atoms. The van der Waals surface area contributed by atoms with Gasteiger partial charge in [-0.2, -0.15) is 5.10 Å². The number of aromatic nitrogens is 2. The summed E-state index contributed by atoms with van der Waals surface area (Å²) in [6.45, 7) is 6.13. The van der Waals surface area contributed by atoms with E-state index in [0.29, 0.717) is 18.9 Å². The fourth-order valence-electron chi connectivity index (χ4n) is 4.30. The Morgan fingerprint density at radius 3 is 2.53 bits per heavy atom. The van der Waals surface area contributed by atoms with Gasteiger partial charge >= 0.3 is 0 Å². The molecular formula is C26H32ClN5O2. The van der Waals surface area contributed by atoms with Crippen LogP contribution in [0.25, 0.3) is 0 Å².